The molecular formula is C26H21N3O5. The van der Waals surface area contributed by atoms with Crippen molar-refractivity contribution >= 4 is 28.9 Å². The van der Waals surface area contributed by atoms with Gasteiger partial charge < -0.3 is 14.2 Å². The molecular weight excluding hydrogens is 434 g/mol. The van der Waals surface area contributed by atoms with Crippen molar-refractivity contribution in [2.75, 3.05) is 14.2 Å². The van der Waals surface area contributed by atoms with Crippen molar-refractivity contribution in [1.82, 2.24) is 10.4 Å². The SMILES string of the molecule is COc1ccc(C(=O)Oc2ccc3ccccc3c2/C=N/NC(=O)c2ccncc2)cc1OC. The molecule has 8 heteroatoms. The van der Waals surface area contributed by atoms with Crippen LogP contribution in [0.3, 0.4) is 0 Å². The summed E-state index contributed by atoms with van der Waals surface area (Å²) in [6.07, 6.45) is 4.50. The number of fused-ring (bicyclic) bond motifs is 1. The van der Waals surface area contributed by atoms with E-state index in [1.54, 1.807) is 36.4 Å². The highest BCUT2D eigenvalue weighted by Gasteiger charge is 2.16. The Morgan fingerprint density at radius 3 is 2.35 bits per heavy atom. The number of methoxy groups -OCH3 is 2. The summed E-state index contributed by atoms with van der Waals surface area (Å²) in [5.74, 6) is 0.244. The van der Waals surface area contributed by atoms with Crippen LogP contribution in [0, 0.1) is 0 Å². The monoisotopic (exact) mass is 455 g/mol. The van der Waals surface area contributed by atoms with Gasteiger partial charge in [-0.2, -0.15) is 5.10 Å². The van der Waals surface area contributed by atoms with E-state index in [9.17, 15) is 9.59 Å². The van der Waals surface area contributed by atoms with Gasteiger partial charge in [0.25, 0.3) is 5.91 Å². The maximum absolute atomic E-state index is 12.9. The van der Waals surface area contributed by atoms with Gasteiger partial charge in [-0.05, 0) is 47.2 Å². The summed E-state index contributed by atoms with van der Waals surface area (Å²) in [5, 5.41) is 5.82. The third kappa shape index (κ3) is 4.86. The molecule has 3 aromatic carbocycles. The molecule has 0 spiro atoms. The molecule has 0 aliphatic rings. The van der Waals surface area contributed by atoms with E-state index in [-0.39, 0.29) is 5.91 Å². The van der Waals surface area contributed by atoms with E-state index >= 15 is 0 Å². The Hall–Kier alpha value is -4.72. The Kier molecular flexibility index (Phi) is 6.78. The predicted molar refractivity (Wildman–Crippen MR) is 128 cm³/mol. The number of carbonyl (C=O) groups excluding carboxylic acids is 2. The number of benzene rings is 3. The Bertz CT molecular complexity index is 1370. The van der Waals surface area contributed by atoms with Crippen LogP contribution in [0.1, 0.15) is 26.3 Å². The standard InChI is InChI=1S/C26H21N3O5/c1-32-23-10-8-19(15-24(23)33-2)26(31)34-22-9-7-17-5-3-4-6-20(17)21(22)16-28-29-25(30)18-11-13-27-14-12-18/h3-16H,1-2H3,(H,29,30)/b28-16+. The summed E-state index contributed by atoms with van der Waals surface area (Å²) < 4.78 is 16.2. The molecule has 0 aliphatic carbocycles. The van der Waals surface area contributed by atoms with Crippen molar-refractivity contribution in [1.29, 1.82) is 0 Å². The van der Waals surface area contributed by atoms with E-state index < -0.39 is 5.97 Å². The number of ether oxygens (including phenoxy) is 3. The number of nitrogens with one attached hydrogen (secondary N) is 1. The lowest BCUT2D eigenvalue weighted by atomic mass is 10.0. The Morgan fingerprint density at radius 2 is 1.59 bits per heavy atom. The molecule has 0 aliphatic heterocycles. The van der Waals surface area contributed by atoms with Crippen LogP contribution < -0.4 is 19.6 Å². The normalized spacial score (nSPS) is 10.8. The topological polar surface area (TPSA) is 99.1 Å². The second-order valence-electron chi connectivity index (χ2n) is 7.09. The molecule has 170 valence electrons. The number of hydrazone groups is 1. The first kappa shape index (κ1) is 22.5. The summed E-state index contributed by atoms with van der Waals surface area (Å²) in [7, 11) is 3.01. The first-order chi connectivity index (χ1) is 16.6. The zero-order valence-electron chi connectivity index (χ0n) is 18.5. The van der Waals surface area contributed by atoms with E-state index in [1.165, 1.54) is 32.8 Å². The lowest BCUT2D eigenvalue weighted by Crippen LogP contribution is -2.17. The lowest BCUT2D eigenvalue weighted by Gasteiger charge is -2.12. The van der Waals surface area contributed by atoms with Gasteiger partial charge in [0.05, 0.1) is 26.0 Å². The van der Waals surface area contributed by atoms with Crippen LogP contribution in [-0.2, 0) is 0 Å². The predicted octanol–water partition coefficient (Wildman–Crippen LogP) is 4.24. The molecule has 4 aromatic rings. The minimum Gasteiger partial charge on any atom is -0.493 e. The molecule has 8 nitrogen and oxygen atoms in total. The minimum atomic E-state index is -0.577. The highest BCUT2D eigenvalue weighted by Crippen LogP contribution is 2.30. The number of esters is 1. The van der Waals surface area contributed by atoms with Crippen molar-refractivity contribution in [3.8, 4) is 17.2 Å². The maximum Gasteiger partial charge on any atom is 0.343 e. The first-order valence-corrected chi connectivity index (χ1v) is 10.3. The van der Waals surface area contributed by atoms with Gasteiger partial charge >= 0.3 is 5.97 Å². The quantitative estimate of drug-likeness (QED) is 0.194. The zero-order chi connectivity index (χ0) is 23.9. The molecule has 0 unspecified atom stereocenters. The van der Waals surface area contributed by atoms with Gasteiger partial charge in [0.15, 0.2) is 11.5 Å². The van der Waals surface area contributed by atoms with Crippen molar-refractivity contribution in [2.24, 2.45) is 5.10 Å². The van der Waals surface area contributed by atoms with Crippen LogP contribution in [0.2, 0.25) is 0 Å². The van der Waals surface area contributed by atoms with Crippen molar-refractivity contribution in [3.05, 3.63) is 95.8 Å². The van der Waals surface area contributed by atoms with Gasteiger partial charge in [0.2, 0.25) is 0 Å². The molecule has 34 heavy (non-hydrogen) atoms. The van der Waals surface area contributed by atoms with E-state index in [2.05, 4.69) is 15.5 Å². The van der Waals surface area contributed by atoms with Crippen LogP contribution >= 0.6 is 0 Å². The van der Waals surface area contributed by atoms with E-state index in [4.69, 9.17) is 14.2 Å². The highest BCUT2D eigenvalue weighted by atomic mass is 16.5. The maximum atomic E-state index is 12.9. The van der Waals surface area contributed by atoms with E-state index in [0.29, 0.717) is 33.9 Å². The summed E-state index contributed by atoms with van der Waals surface area (Å²) in [4.78, 5) is 29.1. The fourth-order valence-electron chi connectivity index (χ4n) is 3.34. The van der Waals surface area contributed by atoms with Crippen LogP contribution in [0.4, 0.5) is 0 Å². The molecule has 0 saturated heterocycles. The molecule has 1 heterocycles. The van der Waals surface area contributed by atoms with Gasteiger partial charge in [-0.1, -0.05) is 30.3 Å². The van der Waals surface area contributed by atoms with Gasteiger partial charge in [0.1, 0.15) is 5.75 Å². The molecule has 4 rings (SSSR count). The second-order valence-corrected chi connectivity index (χ2v) is 7.09. The summed E-state index contributed by atoms with van der Waals surface area (Å²) in [5.41, 5.74) is 3.74. The number of hydrogen-bond acceptors (Lipinski definition) is 7. The number of carbonyl (C=O) groups is 2. The molecule has 0 radical (unpaired) electrons. The van der Waals surface area contributed by atoms with Crippen LogP contribution in [0.25, 0.3) is 10.8 Å². The summed E-state index contributed by atoms with van der Waals surface area (Å²) >= 11 is 0. The lowest BCUT2D eigenvalue weighted by molar-refractivity contribution is 0.0734. The number of nitrogens with zero attached hydrogens (tertiary/aromatic N) is 2. The van der Waals surface area contributed by atoms with Crippen LogP contribution in [0.5, 0.6) is 17.2 Å². The summed E-state index contributed by atoms with van der Waals surface area (Å²) in [6, 6.07) is 19.1. The van der Waals surface area contributed by atoms with Crippen molar-refractivity contribution in [3.63, 3.8) is 0 Å². The van der Waals surface area contributed by atoms with E-state index in [0.717, 1.165) is 10.8 Å². The summed E-state index contributed by atoms with van der Waals surface area (Å²) in [6.45, 7) is 0. The van der Waals surface area contributed by atoms with Gasteiger partial charge in [-0.25, -0.2) is 10.2 Å². The zero-order valence-corrected chi connectivity index (χ0v) is 18.5. The number of amides is 1. The Morgan fingerprint density at radius 1 is 0.853 bits per heavy atom. The molecule has 0 saturated carbocycles. The van der Waals surface area contributed by atoms with Gasteiger partial charge in [-0.3, -0.25) is 9.78 Å². The molecule has 0 bridgehead atoms. The fourth-order valence-corrected chi connectivity index (χ4v) is 3.34. The minimum absolute atomic E-state index is 0.291. The average molecular weight is 455 g/mol. The van der Waals surface area contributed by atoms with Crippen molar-refractivity contribution in [2.45, 2.75) is 0 Å². The van der Waals surface area contributed by atoms with Gasteiger partial charge in [0, 0.05) is 23.5 Å². The third-order valence-electron chi connectivity index (χ3n) is 5.05. The second kappa shape index (κ2) is 10.3. The number of pyridine rings is 1. The van der Waals surface area contributed by atoms with Crippen LogP contribution in [0.15, 0.2) is 84.2 Å². The van der Waals surface area contributed by atoms with E-state index in [1.807, 2.05) is 30.3 Å². The number of rotatable bonds is 7. The Labute approximate surface area is 195 Å². The average Bonchev–Trinajstić information content (AvgIpc) is 2.89. The van der Waals surface area contributed by atoms with Gasteiger partial charge in [-0.15, -0.1) is 0 Å². The fraction of sp³-hybridized carbons (Fsp3) is 0.0769. The molecule has 1 amide bonds. The third-order valence-corrected chi connectivity index (χ3v) is 5.05. The van der Waals surface area contributed by atoms with Crippen molar-refractivity contribution < 1.29 is 23.8 Å². The smallest absolute Gasteiger partial charge is 0.343 e. The number of hydrogen-bond donors (Lipinski definition) is 1. The first-order valence-electron chi connectivity index (χ1n) is 10.3. The Balaban J connectivity index is 1.63. The number of aromatic nitrogens is 1. The van der Waals surface area contributed by atoms with Crippen LogP contribution in [-0.4, -0.2) is 37.3 Å². The molecule has 0 atom stereocenters. The highest BCUT2D eigenvalue weighted by molar-refractivity contribution is 6.04. The molecule has 1 aromatic heterocycles. The molecule has 0 fully saturated rings. The largest absolute Gasteiger partial charge is 0.493 e. The molecule has 1 N–H and O–H groups in total.